The molecule has 7 heteroatoms. The topological polar surface area (TPSA) is 60.5 Å². The Kier molecular flexibility index (Phi) is 5.71. The van der Waals surface area contributed by atoms with Gasteiger partial charge in [0, 0.05) is 10.7 Å². The number of carbonyl (C=O) groups excluding carboxylic acids is 1. The summed E-state index contributed by atoms with van der Waals surface area (Å²) in [5, 5.41) is 2.90. The molecule has 1 aromatic heterocycles. The lowest BCUT2D eigenvalue weighted by molar-refractivity contribution is 0.0478. The van der Waals surface area contributed by atoms with Gasteiger partial charge in [0.25, 0.3) is 0 Å². The third-order valence-corrected chi connectivity index (χ3v) is 4.07. The molecule has 1 N–H and O–H groups in total. The maximum Gasteiger partial charge on any atom is 0.408 e. The monoisotopic (exact) mass is 434 g/mol. The van der Waals surface area contributed by atoms with Gasteiger partial charge in [-0.15, -0.1) is 0 Å². The first kappa shape index (κ1) is 17.5. The lowest BCUT2D eigenvalue weighted by Gasteiger charge is -2.23. The van der Waals surface area contributed by atoms with Gasteiger partial charge in [-0.25, -0.2) is 9.78 Å². The minimum absolute atomic E-state index is 0.0628. The van der Waals surface area contributed by atoms with Gasteiger partial charge >= 0.3 is 6.09 Å². The largest absolute Gasteiger partial charge is 0.475 e. The quantitative estimate of drug-likeness (QED) is 0.749. The molecule has 1 saturated carbocycles. The van der Waals surface area contributed by atoms with Crippen LogP contribution in [-0.2, 0) is 4.74 Å². The van der Waals surface area contributed by atoms with Crippen molar-refractivity contribution in [3.05, 3.63) is 21.2 Å². The van der Waals surface area contributed by atoms with Gasteiger partial charge in [-0.1, -0.05) is 0 Å². The normalized spacial score (nSPS) is 16.0. The Bertz CT molecular complexity index is 542. The molecular weight excluding hydrogens is 416 g/mol. The van der Waals surface area contributed by atoms with E-state index in [0.717, 1.165) is 21.8 Å². The lowest BCUT2D eigenvalue weighted by atomic mass is 10.2. The van der Waals surface area contributed by atoms with E-state index in [9.17, 15) is 4.79 Å². The third kappa shape index (κ3) is 5.76. The first-order valence-corrected chi connectivity index (χ1v) is 8.76. The fourth-order valence-corrected chi connectivity index (χ4v) is 3.03. The van der Waals surface area contributed by atoms with Gasteiger partial charge in [0.05, 0.1) is 10.5 Å². The Morgan fingerprint density at radius 3 is 2.68 bits per heavy atom. The first-order valence-electron chi connectivity index (χ1n) is 7.18. The van der Waals surface area contributed by atoms with E-state index in [0.29, 0.717) is 18.4 Å². The van der Waals surface area contributed by atoms with Gasteiger partial charge in [-0.3, -0.25) is 0 Å². The molecule has 1 aromatic rings. The van der Waals surface area contributed by atoms with Crippen molar-refractivity contribution < 1.29 is 14.3 Å². The number of nitrogens with one attached hydrogen (secondary N) is 1. The summed E-state index contributed by atoms with van der Waals surface area (Å²) >= 11 is 6.76. The van der Waals surface area contributed by atoms with Gasteiger partial charge in [-0.05, 0) is 77.5 Å². The molecule has 1 aliphatic rings. The van der Waals surface area contributed by atoms with Gasteiger partial charge in [0.1, 0.15) is 12.2 Å². The Morgan fingerprint density at radius 2 is 2.14 bits per heavy atom. The molecule has 1 fully saturated rings. The number of aromatic nitrogens is 1. The number of carbonyl (C=O) groups is 1. The summed E-state index contributed by atoms with van der Waals surface area (Å²) in [7, 11) is 0. The number of amides is 1. The van der Waals surface area contributed by atoms with Crippen molar-refractivity contribution >= 4 is 38.0 Å². The zero-order valence-electron chi connectivity index (χ0n) is 12.9. The molecular formula is C15H20Br2N2O3. The summed E-state index contributed by atoms with van der Waals surface area (Å²) in [5.41, 5.74) is -0.505. The molecule has 1 atom stereocenters. The molecule has 0 spiro atoms. The van der Waals surface area contributed by atoms with Crippen LogP contribution in [0.25, 0.3) is 0 Å². The zero-order valence-corrected chi connectivity index (χ0v) is 16.0. The van der Waals surface area contributed by atoms with E-state index in [1.807, 2.05) is 26.8 Å². The summed E-state index contributed by atoms with van der Waals surface area (Å²) in [5.74, 6) is 0.960. The van der Waals surface area contributed by atoms with E-state index in [4.69, 9.17) is 9.47 Å². The number of hydrogen-bond donors (Lipinski definition) is 1. The molecule has 1 aliphatic carbocycles. The van der Waals surface area contributed by atoms with Crippen LogP contribution in [0.5, 0.6) is 5.88 Å². The second kappa shape index (κ2) is 7.17. The Hall–Kier alpha value is -0.820. The van der Waals surface area contributed by atoms with E-state index < -0.39 is 11.7 Å². The molecule has 2 rings (SSSR count). The minimum Gasteiger partial charge on any atom is -0.475 e. The number of rotatable bonds is 5. The van der Waals surface area contributed by atoms with Gasteiger partial charge < -0.3 is 14.8 Å². The molecule has 0 bridgehead atoms. The van der Waals surface area contributed by atoms with E-state index in [1.165, 1.54) is 0 Å². The summed E-state index contributed by atoms with van der Waals surface area (Å²) < 4.78 is 12.7. The van der Waals surface area contributed by atoms with Crippen LogP contribution in [0, 0.1) is 5.92 Å². The number of alkyl carbamates (subject to hydrolysis) is 1. The molecule has 1 amide bonds. The van der Waals surface area contributed by atoms with Crippen molar-refractivity contribution in [2.75, 3.05) is 6.61 Å². The molecule has 5 nitrogen and oxygen atoms in total. The molecule has 0 aliphatic heterocycles. The second-order valence-corrected chi connectivity index (χ2v) is 8.11. The number of halogens is 2. The molecule has 0 saturated heterocycles. The van der Waals surface area contributed by atoms with Crippen LogP contribution in [-0.4, -0.2) is 29.3 Å². The highest BCUT2D eigenvalue weighted by atomic mass is 79.9. The highest BCUT2D eigenvalue weighted by Gasteiger charge is 2.34. The lowest BCUT2D eigenvalue weighted by Crippen LogP contribution is -2.43. The van der Waals surface area contributed by atoms with Gasteiger partial charge in [0.2, 0.25) is 5.88 Å². The molecule has 0 aromatic carbocycles. The average molecular weight is 436 g/mol. The fourth-order valence-electron chi connectivity index (χ4n) is 1.93. The zero-order chi connectivity index (χ0) is 16.3. The molecule has 0 radical (unpaired) electrons. The van der Waals surface area contributed by atoms with E-state index in [1.54, 1.807) is 6.20 Å². The van der Waals surface area contributed by atoms with E-state index >= 15 is 0 Å². The average Bonchev–Trinajstić information content (AvgIpc) is 3.18. The van der Waals surface area contributed by atoms with Gasteiger partial charge in [-0.2, -0.15) is 0 Å². The van der Waals surface area contributed by atoms with Crippen molar-refractivity contribution in [1.29, 1.82) is 0 Å². The first-order chi connectivity index (χ1) is 10.2. The molecule has 1 heterocycles. The van der Waals surface area contributed by atoms with E-state index in [2.05, 4.69) is 42.2 Å². The minimum atomic E-state index is -0.505. The second-order valence-electron chi connectivity index (χ2n) is 6.34. The smallest absolute Gasteiger partial charge is 0.408 e. The van der Waals surface area contributed by atoms with Crippen LogP contribution in [0.2, 0.25) is 0 Å². The third-order valence-electron chi connectivity index (χ3n) is 3.07. The highest BCUT2D eigenvalue weighted by Crippen LogP contribution is 2.33. The maximum atomic E-state index is 11.9. The predicted octanol–water partition coefficient (Wildman–Crippen LogP) is 4.29. The molecule has 0 unspecified atom stereocenters. The van der Waals surface area contributed by atoms with Crippen LogP contribution in [0.3, 0.4) is 0 Å². The Morgan fingerprint density at radius 1 is 1.45 bits per heavy atom. The van der Waals surface area contributed by atoms with Crippen molar-refractivity contribution in [3.63, 3.8) is 0 Å². The van der Waals surface area contributed by atoms with Crippen LogP contribution >= 0.6 is 31.9 Å². The fraction of sp³-hybridized carbons (Fsp3) is 0.600. The van der Waals surface area contributed by atoms with Crippen molar-refractivity contribution in [2.45, 2.75) is 45.3 Å². The highest BCUT2D eigenvalue weighted by molar-refractivity contribution is 9.11. The van der Waals surface area contributed by atoms with Gasteiger partial charge in [0.15, 0.2) is 0 Å². The Labute approximate surface area is 147 Å². The van der Waals surface area contributed by atoms with Crippen molar-refractivity contribution in [2.24, 2.45) is 5.92 Å². The summed E-state index contributed by atoms with van der Waals surface area (Å²) in [6.45, 7) is 5.91. The van der Waals surface area contributed by atoms with Crippen LogP contribution < -0.4 is 10.1 Å². The number of nitrogens with zero attached hydrogens (tertiary/aromatic N) is 1. The van der Waals surface area contributed by atoms with Crippen molar-refractivity contribution in [1.82, 2.24) is 10.3 Å². The van der Waals surface area contributed by atoms with Crippen molar-refractivity contribution in [3.8, 4) is 5.88 Å². The summed E-state index contributed by atoms with van der Waals surface area (Å²) in [4.78, 5) is 16.1. The van der Waals surface area contributed by atoms with E-state index in [-0.39, 0.29) is 6.04 Å². The standard InChI is InChI=1S/C15H20Br2N2O3/c1-15(2,3)22-14(20)19-12(9-4-5-9)8-21-13-11(17)6-10(16)7-18-13/h6-7,9,12H,4-5,8H2,1-3H3,(H,19,20)/t12-/m1/s1. The van der Waals surface area contributed by atoms with Crippen LogP contribution in [0.15, 0.2) is 21.2 Å². The number of ether oxygens (including phenoxy) is 2. The number of hydrogen-bond acceptors (Lipinski definition) is 4. The molecule has 122 valence electrons. The van der Waals surface area contributed by atoms with Crippen LogP contribution in [0.1, 0.15) is 33.6 Å². The van der Waals surface area contributed by atoms with Crippen LogP contribution in [0.4, 0.5) is 4.79 Å². The number of pyridine rings is 1. The Balaban J connectivity index is 1.91. The summed E-state index contributed by atoms with van der Waals surface area (Å²) in [6.07, 6.45) is 3.46. The SMILES string of the molecule is CC(C)(C)OC(=O)N[C@H](COc1ncc(Br)cc1Br)C1CC1. The predicted molar refractivity (Wildman–Crippen MR) is 91.0 cm³/mol. The maximum absolute atomic E-state index is 11.9. The summed E-state index contributed by atoms with van der Waals surface area (Å²) in [6, 6.07) is 1.81. The molecule has 22 heavy (non-hydrogen) atoms.